The Morgan fingerprint density at radius 2 is 1.85 bits per heavy atom. The van der Waals surface area contributed by atoms with Crippen LogP contribution in [0.2, 0.25) is 5.02 Å². The van der Waals surface area contributed by atoms with Crippen molar-refractivity contribution in [2.24, 2.45) is 0 Å². The molecule has 0 aliphatic rings. The first kappa shape index (κ1) is 14.3. The summed E-state index contributed by atoms with van der Waals surface area (Å²) in [6.07, 6.45) is -0.725. The Morgan fingerprint density at radius 1 is 1.20 bits per heavy atom. The number of carbonyl (C=O) groups excluding carboxylic acids is 1. The van der Waals surface area contributed by atoms with Crippen LogP contribution < -0.4 is 10.1 Å². The van der Waals surface area contributed by atoms with Gasteiger partial charge in [-0.05, 0) is 43.3 Å². The molecule has 104 valence electrons. The molecule has 0 heterocycles. The van der Waals surface area contributed by atoms with Gasteiger partial charge in [0.15, 0.2) is 6.10 Å². The highest BCUT2D eigenvalue weighted by Crippen LogP contribution is 2.21. The lowest BCUT2D eigenvalue weighted by Gasteiger charge is -2.15. The zero-order valence-corrected chi connectivity index (χ0v) is 11.5. The van der Waals surface area contributed by atoms with Gasteiger partial charge in [-0.1, -0.05) is 23.7 Å². The van der Waals surface area contributed by atoms with Gasteiger partial charge in [0.2, 0.25) is 0 Å². The second-order valence-corrected chi connectivity index (χ2v) is 4.59. The molecule has 1 atom stereocenters. The number of ether oxygens (including phenoxy) is 1. The Hall–Kier alpha value is -2.07. The average molecular weight is 294 g/mol. The van der Waals surface area contributed by atoms with Crippen LogP contribution in [0.1, 0.15) is 6.92 Å². The van der Waals surface area contributed by atoms with E-state index in [1.807, 2.05) is 0 Å². The lowest BCUT2D eigenvalue weighted by molar-refractivity contribution is -0.122. The van der Waals surface area contributed by atoms with Gasteiger partial charge < -0.3 is 10.1 Å². The largest absolute Gasteiger partial charge is 0.481 e. The van der Waals surface area contributed by atoms with E-state index in [9.17, 15) is 9.18 Å². The molecule has 0 spiro atoms. The van der Waals surface area contributed by atoms with Crippen LogP contribution >= 0.6 is 11.6 Å². The number of benzene rings is 2. The second kappa shape index (κ2) is 6.39. The number of hydrogen-bond donors (Lipinski definition) is 1. The number of halogens is 2. The minimum atomic E-state index is -0.725. The summed E-state index contributed by atoms with van der Waals surface area (Å²) in [4.78, 5) is 12.0. The lowest BCUT2D eigenvalue weighted by Crippen LogP contribution is -2.30. The molecule has 0 unspecified atom stereocenters. The molecule has 0 saturated carbocycles. The van der Waals surface area contributed by atoms with Crippen molar-refractivity contribution in [3.05, 3.63) is 59.4 Å². The topological polar surface area (TPSA) is 38.3 Å². The fourth-order valence-electron chi connectivity index (χ4n) is 1.57. The van der Waals surface area contributed by atoms with Gasteiger partial charge >= 0.3 is 0 Å². The lowest BCUT2D eigenvalue weighted by atomic mass is 10.3. The predicted octanol–water partition coefficient (Wildman–Crippen LogP) is 3.89. The van der Waals surface area contributed by atoms with E-state index in [4.69, 9.17) is 16.3 Å². The molecule has 3 nitrogen and oxygen atoms in total. The van der Waals surface area contributed by atoms with Crippen molar-refractivity contribution in [1.82, 2.24) is 0 Å². The van der Waals surface area contributed by atoms with Gasteiger partial charge in [-0.2, -0.15) is 0 Å². The van der Waals surface area contributed by atoms with Crippen LogP contribution in [-0.4, -0.2) is 12.0 Å². The fourth-order valence-corrected chi connectivity index (χ4v) is 1.75. The predicted molar refractivity (Wildman–Crippen MR) is 76.6 cm³/mol. The molecule has 5 heteroatoms. The highest BCUT2D eigenvalue weighted by Gasteiger charge is 2.15. The molecule has 2 aromatic rings. The highest BCUT2D eigenvalue weighted by atomic mass is 35.5. The molecular weight excluding hydrogens is 281 g/mol. The van der Waals surface area contributed by atoms with Gasteiger partial charge in [0, 0.05) is 0 Å². The Morgan fingerprint density at radius 3 is 2.50 bits per heavy atom. The molecule has 0 aliphatic carbocycles. The first-order valence-electron chi connectivity index (χ1n) is 6.04. The van der Waals surface area contributed by atoms with Crippen molar-refractivity contribution in [3.8, 4) is 5.75 Å². The summed E-state index contributed by atoms with van der Waals surface area (Å²) in [7, 11) is 0. The van der Waals surface area contributed by atoms with Gasteiger partial charge in [-0.3, -0.25) is 4.79 Å². The van der Waals surface area contributed by atoms with Gasteiger partial charge in [0.1, 0.15) is 11.6 Å². The molecule has 1 amide bonds. The van der Waals surface area contributed by atoms with E-state index in [0.717, 1.165) is 0 Å². The third-order valence-electron chi connectivity index (χ3n) is 2.63. The number of amides is 1. The SMILES string of the molecule is C[C@@H](Oc1ccc(F)cc1)C(=O)Nc1ccccc1Cl. The summed E-state index contributed by atoms with van der Waals surface area (Å²) in [5.41, 5.74) is 0.522. The average Bonchev–Trinajstić information content (AvgIpc) is 2.44. The van der Waals surface area contributed by atoms with E-state index < -0.39 is 6.10 Å². The number of anilines is 1. The second-order valence-electron chi connectivity index (χ2n) is 4.18. The molecular formula is C15H13ClFNO2. The summed E-state index contributed by atoms with van der Waals surface area (Å²) in [5, 5.41) is 3.13. The van der Waals surface area contributed by atoms with Gasteiger partial charge in [0.05, 0.1) is 10.7 Å². The van der Waals surface area contributed by atoms with Crippen LogP contribution in [0.3, 0.4) is 0 Å². The molecule has 1 N–H and O–H groups in total. The number of hydrogen-bond acceptors (Lipinski definition) is 2. The van der Waals surface area contributed by atoms with Crippen molar-refractivity contribution in [3.63, 3.8) is 0 Å². The number of nitrogens with one attached hydrogen (secondary N) is 1. The Balaban J connectivity index is 1.99. The molecule has 20 heavy (non-hydrogen) atoms. The van der Waals surface area contributed by atoms with E-state index in [2.05, 4.69) is 5.32 Å². The molecule has 0 aliphatic heterocycles. The fraction of sp³-hybridized carbons (Fsp3) is 0.133. The summed E-state index contributed by atoms with van der Waals surface area (Å²) in [6.45, 7) is 1.61. The van der Waals surface area contributed by atoms with Gasteiger partial charge in [0.25, 0.3) is 5.91 Å². The van der Waals surface area contributed by atoms with Crippen LogP contribution in [0, 0.1) is 5.82 Å². The highest BCUT2D eigenvalue weighted by molar-refractivity contribution is 6.33. The van der Waals surface area contributed by atoms with Crippen molar-refractivity contribution in [1.29, 1.82) is 0 Å². The minimum Gasteiger partial charge on any atom is -0.481 e. The first-order chi connectivity index (χ1) is 9.56. The molecule has 0 bridgehead atoms. The summed E-state index contributed by atoms with van der Waals surface area (Å²) in [6, 6.07) is 12.4. The molecule has 2 aromatic carbocycles. The van der Waals surface area contributed by atoms with E-state index in [1.54, 1.807) is 31.2 Å². The summed E-state index contributed by atoms with van der Waals surface area (Å²) >= 11 is 5.95. The van der Waals surface area contributed by atoms with E-state index in [0.29, 0.717) is 16.5 Å². The standard InChI is InChI=1S/C15H13ClFNO2/c1-10(20-12-8-6-11(17)7-9-12)15(19)18-14-5-3-2-4-13(14)16/h2-10H,1H3,(H,18,19)/t10-/m1/s1. The van der Waals surface area contributed by atoms with Crippen molar-refractivity contribution >= 4 is 23.2 Å². The molecule has 0 radical (unpaired) electrons. The zero-order chi connectivity index (χ0) is 14.5. The molecule has 0 aromatic heterocycles. The van der Waals surface area contributed by atoms with Gasteiger partial charge in [-0.15, -0.1) is 0 Å². The Kier molecular flexibility index (Phi) is 4.58. The maximum absolute atomic E-state index is 12.8. The van der Waals surface area contributed by atoms with Gasteiger partial charge in [-0.25, -0.2) is 4.39 Å². The van der Waals surface area contributed by atoms with Crippen LogP contribution in [0.5, 0.6) is 5.75 Å². The van der Waals surface area contributed by atoms with Crippen molar-refractivity contribution in [2.45, 2.75) is 13.0 Å². The third-order valence-corrected chi connectivity index (χ3v) is 2.96. The smallest absolute Gasteiger partial charge is 0.265 e. The molecule has 0 saturated heterocycles. The number of carbonyl (C=O) groups is 1. The normalized spacial score (nSPS) is 11.8. The number of para-hydroxylation sites is 1. The first-order valence-corrected chi connectivity index (χ1v) is 6.41. The maximum atomic E-state index is 12.8. The maximum Gasteiger partial charge on any atom is 0.265 e. The van der Waals surface area contributed by atoms with Crippen LogP contribution in [0.15, 0.2) is 48.5 Å². The monoisotopic (exact) mass is 293 g/mol. The van der Waals surface area contributed by atoms with Crippen LogP contribution in [-0.2, 0) is 4.79 Å². The van der Waals surface area contributed by atoms with E-state index in [-0.39, 0.29) is 11.7 Å². The van der Waals surface area contributed by atoms with E-state index >= 15 is 0 Å². The quantitative estimate of drug-likeness (QED) is 0.929. The Labute approximate surface area is 121 Å². The summed E-state index contributed by atoms with van der Waals surface area (Å²) < 4.78 is 18.2. The molecule has 0 fully saturated rings. The molecule has 2 rings (SSSR count). The zero-order valence-electron chi connectivity index (χ0n) is 10.8. The van der Waals surface area contributed by atoms with Crippen molar-refractivity contribution in [2.75, 3.05) is 5.32 Å². The van der Waals surface area contributed by atoms with Crippen molar-refractivity contribution < 1.29 is 13.9 Å². The summed E-state index contributed by atoms with van der Waals surface area (Å²) in [5.74, 6) is -0.263. The minimum absolute atomic E-state index is 0.331. The van der Waals surface area contributed by atoms with E-state index in [1.165, 1.54) is 24.3 Å². The Bertz CT molecular complexity index is 601. The van der Waals surface area contributed by atoms with Crippen LogP contribution in [0.4, 0.5) is 10.1 Å². The van der Waals surface area contributed by atoms with Crippen LogP contribution in [0.25, 0.3) is 0 Å². The third kappa shape index (κ3) is 3.71. The number of rotatable bonds is 4.